The summed E-state index contributed by atoms with van der Waals surface area (Å²) >= 11 is 3.46. The molecule has 0 bridgehead atoms. The van der Waals surface area contributed by atoms with Crippen LogP contribution in [-0.2, 0) is 5.41 Å². The number of hydrogen-bond donors (Lipinski definition) is 1. The molecule has 0 aromatic heterocycles. The molecule has 0 saturated carbocycles. The van der Waals surface area contributed by atoms with Gasteiger partial charge in [0.15, 0.2) is 0 Å². The highest BCUT2D eigenvalue weighted by atomic mass is 79.9. The number of hydrogen-bond acceptors (Lipinski definition) is 2. The highest BCUT2D eigenvalue weighted by molar-refractivity contribution is 9.10. The lowest BCUT2D eigenvalue weighted by Gasteiger charge is -2.19. The Hall–Kier alpha value is -1.32. The quantitative estimate of drug-likeness (QED) is 0.782. The lowest BCUT2D eigenvalue weighted by molar-refractivity contribution is 0.198. The molecule has 3 heteroatoms. The second-order valence-electron chi connectivity index (χ2n) is 6.24. The van der Waals surface area contributed by atoms with Gasteiger partial charge in [-0.1, -0.05) is 54.9 Å². The van der Waals surface area contributed by atoms with E-state index in [0.717, 1.165) is 21.5 Å². The fraction of sp³-hybridized carbons (Fsp3) is 0.333. The lowest BCUT2D eigenvalue weighted by Crippen LogP contribution is -2.10. The number of halogens is 1. The number of rotatable bonds is 3. The van der Waals surface area contributed by atoms with Crippen molar-refractivity contribution in [3.05, 3.63) is 58.1 Å². The third-order valence-corrected chi connectivity index (χ3v) is 4.06. The summed E-state index contributed by atoms with van der Waals surface area (Å²) in [6.07, 6.45) is -0.500. The summed E-state index contributed by atoms with van der Waals surface area (Å²) in [5, 5.41) is 9.62. The Morgan fingerprint density at radius 1 is 1.00 bits per heavy atom. The van der Waals surface area contributed by atoms with E-state index in [9.17, 15) is 5.11 Å². The summed E-state index contributed by atoms with van der Waals surface area (Å²) in [5.41, 5.74) is 2.27. The fourth-order valence-electron chi connectivity index (χ4n) is 2.07. The zero-order valence-electron chi connectivity index (χ0n) is 12.9. The molecule has 112 valence electrons. The van der Waals surface area contributed by atoms with Crippen LogP contribution in [0.3, 0.4) is 0 Å². The van der Waals surface area contributed by atoms with Gasteiger partial charge in [0.1, 0.15) is 11.5 Å². The number of benzene rings is 2. The first kappa shape index (κ1) is 16.1. The fourth-order valence-corrected chi connectivity index (χ4v) is 2.76. The molecule has 0 radical (unpaired) electrons. The zero-order valence-corrected chi connectivity index (χ0v) is 14.4. The van der Waals surface area contributed by atoms with Gasteiger partial charge in [0.2, 0.25) is 0 Å². The molecule has 0 spiro atoms. The Morgan fingerprint density at radius 2 is 1.57 bits per heavy atom. The number of aliphatic hydroxyl groups is 1. The van der Waals surface area contributed by atoms with Crippen LogP contribution >= 0.6 is 15.9 Å². The lowest BCUT2D eigenvalue weighted by atomic mass is 9.87. The molecule has 2 aromatic rings. The maximum atomic E-state index is 9.62. The van der Waals surface area contributed by atoms with Gasteiger partial charge < -0.3 is 9.84 Å². The van der Waals surface area contributed by atoms with E-state index in [4.69, 9.17) is 4.74 Å². The summed E-state index contributed by atoms with van der Waals surface area (Å²) in [4.78, 5) is 0. The summed E-state index contributed by atoms with van der Waals surface area (Å²) in [5.74, 6) is 1.55. The monoisotopic (exact) mass is 348 g/mol. The average Bonchev–Trinajstić information content (AvgIpc) is 2.38. The Balaban J connectivity index is 2.17. The molecule has 2 rings (SSSR count). The smallest absolute Gasteiger partial charge is 0.128 e. The third kappa shape index (κ3) is 4.08. The second kappa shape index (κ2) is 6.20. The van der Waals surface area contributed by atoms with Crippen LogP contribution in [0.2, 0.25) is 0 Å². The van der Waals surface area contributed by atoms with E-state index in [1.165, 1.54) is 5.56 Å². The Bertz CT molecular complexity index is 610. The van der Waals surface area contributed by atoms with Crippen LogP contribution in [0.15, 0.2) is 46.9 Å². The van der Waals surface area contributed by atoms with Gasteiger partial charge in [-0.15, -0.1) is 0 Å². The predicted molar refractivity (Wildman–Crippen MR) is 90.0 cm³/mol. The first-order valence-electron chi connectivity index (χ1n) is 7.03. The molecule has 1 atom stereocenters. The maximum absolute atomic E-state index is 9.62. The van der Waals surface area contributed by atoms with Gasteiger partial charge in [-0.3, -0.25) is 0 Å². The van der Waals surface area contributed by atoms with Crippen molar-refractivity contribution in [2.45, 2.75) is 39.2 Å². The largest absolute Gasteiger partial charge is 0.457 e. The summed E-state index contributed by atoms with van der Waals surface area (Å²) < 4.78 is 6.70. The van der Waals surface area contributed by atoms with Crippen LogP contribution in [0.4, 0.5) is 0 Å². The topological polar surface area (TPSA) is 29.5 Å². The molecule has 0 saturated heterocycles. The normalized spacial score (nSPS) is 13.0. The summed E-state index contributed by atoms with van der Waals surface area (Å²) in [6, 6.07) is 13.8. The Morgan fingerprint density at radius 3 is 2.05 bits per heavy atom. The minimum absolute atomic E-state index is 0.139. The number of ether oxygens (including phenoxy) is 1. The van der Waals surface area contributed by atoms with Crippen molar-refractivity contribution in [1.29, 1.82) is 0 Å². The molecule has 0 aliphatic rings. The van der Waals surface area contributed by atoms with E-state index in [2.05, 4.69) is 48.8 Å². The van der Waals surface area contributed by atoms with Crippen molar-refractivity contribution in [1.82, 2.24) is 0 Å². The van der Waals surface area contributed by atoms with Gasteiger partial charge in [0, 0.05) is 4.47 Å². The van der Waals surface area contributed by atoms with Crippen molar-refractivity contribution in [3.8, 4) is 11.5 Å². The van der Waals surface area contributed by atoms with Gasteiger partial charge in [-0.05, 0) is 47.7 Å². The molecule has 21 heavy (non-hydrogen) atoms. The van der Waals surface area contributed by atoms with Crippen LogP contribution in [-0.4, -0.2) is 5.11 Å². The third-order valence-electron chi connectivity index (χ3n) is 3.38. The highest BCUT2D eigenvalue weighted by Crippen LogP contribution is 2.31. The summed E-state index contributed by atoms with van der Waals surface area (Å²) in [7, 11) is 0. The molecule has 0 aliphatic heterocycles. The molecule has 1 unspecified atom stereocenters. The molecule has 2 nitrogen and oxygen atoms in total. The minimum atomic E-state index is -0.500. The van der Waals surface area contributed by atoms with Gasteiger partial charge in [-0.2, -0.15) is 0 Å². The van der Waals surface area contributed by atoms with Crippen LogP contribution in [0.1, 0.15) is 44.9 Å². The first-order chi connectivity index (χ1) is 9.77. The van der Waals surface area contributed by atoms with E-state index in [0.29, 0.717) is 0 Å². The molecule has 2 aromatic carbocycles. The minimum Gasteiger partial charge on any atom is -0.457 e. The second-order valence-corrected chi connectivity index (χ2v) is 7.09. The first-order valence-corrected chi connectivity index (χ1v) is 7.82. The van der Waals surface area contributed by atoms with Gasteiger partial charge in [-0.25, -0.2) is 0 Å². The Labute approximate surface area is 134 Å². The molecule has 0 heterocycles. The van der Waals surface area contributed by atoms with E-state index in [1.54, 1.807) is 6.92 Å². The van der Waals surface area contributed by atoms with Gasteiger partial charge in [0.05, 0.1) is 6.10 Å². The Kier molecular flexibility index (Phi) is 4.74. The van der Waals surface area contributed by atoms with E-state index >= 15 is 0 Å². The molecule has 0 aliphatic carbocycles. The van der Waals surface area contributed by atoms with Crippen molar-refractivity contribution in [2.24, 2.45) is 0 Å². The van der Waals surface area contributed by atoms with E-state index < -0.39 is 6.10 Å². The van der Waals surface area contributed by atoms with Gasteiger partial charge in [0.25, 0.3) is 0 Å². The van der Waals surface area contributed by atoms with Crippen molar-refractivity contribution in [3.63, 3.8) is 0 Å². The number of aliphatic hydroxyl groups excluding tert-OH is 1. The summed E-state index contributed by atoms with van der Waals surface area (Å²) in [6.45, 7) is 8.31. The van der Waals surface area contributed by atoms with Crippen molar-refractivity contribution in [2.75, 3.05) is 0 Å². The average molecular weight is 349 g/mol. The van der Waals surface area contributed by atoms with Crippen LogP contribution in [0.5, 0.6) is 11.5 Å². The van der Waals surface area contributed by atoms with E-state index in [1.807, 2.05) is 30.3 Å². The zero-order chi connectivity index (χ0) is 15.6. The predicted octanol–water partition coefficient (Wildman–Crippen LogP) is 5.59. The van der Waals surface area contributed by atoms with Crippen LogP contribution in [0.25, 0.3) is 0 Å². The molecule has 0 fully saturated rings. The molecule has 1 N–H and O–H groups in total. The molecule has 0 amide bonds. The molecular formula is C18H21BrO2. The van der Waals surface area contributed by atoms with E-state index in [-0.39, 0.29) is 5.41 Å². The maximum Gasteiger partial charge on any atom is 0.128 e. The van der Waals surface area contributed by atoms with Crippen molar-refractivity contribution >= 4 is 15.9 Å². The van der Waals surface area contributed by atoms with Crippen LogP contribution < -0.4 is 4.74 Å². The molecular weight excluding hydrogens is 328 g/mol. The SMILES string of the molecule is CC(O)c1ccc(Oc2ccc(C(C)(C)C)cc2)cc1Br. The highest BCUT2D eigenvalue weighted by Gasteiger charge is 2.13. The van der Waals surface area contributed by atoms with Gasteiger partial charge >= 0.3 is 0 Å². The standard InChI is InChI=1S/C18H21BrO2/c1-12(20)16-10-9-15(11-17(16)19)21-14-7-5-13(6-8-14)18(2,3)4/h5-12,20H,1-4H3. The van der Waals surface area contributed by atoms with Crippen LogP contribution in [0, 0.1) is 0 Å². The van der Waals surface area contributed by atoms with Crippen molar-refractivity contribution < 1.29 is 9.84 Å².